The van der Waals surface area contributed by atoms with Crippen molar-refractivity contribution in [1.82, 2.24) is 9.27 Å². The third-order valence-corrected chi connectivity index (χ3v) is 5.10. The third kappa shape index (κ3) is 3.35. The van der Waals surface area contributed by atoms with Crippen molar-refractivity contribution in [3.63, 3.8) is 0 Å². The molecule has 2 aromatic rings. The lowest BCUT2D eigenvalue weighted by molar-refractivity contribution is 0.213. The summed E-state index contributed by atoms with van der Waals surface area (Å²) in [5, 5.41) is 4.10. The van der Waals surface area contributed by atoms with Crippen LogP contribution in [0.5, 0.6) is 0 Å². The summed E-state index contributed by atoms with van der Waals surface area (Å²) in [6, 6.07) is 5.97. The standard InChI is InChI=1S/C16H21N3OS/c1-2-12-4-3-8-19(9-7-12)16(20)18-14-5-6-15-13(10-14)11-17-21-15/h5-6,10-12H,2-4,7-9H2,1H3,(H,18,20). The van der Waals surface area contributed by atoms with Crippen molar-refractivity contribution in [2.45, 2.75) is 32.6 Å². The molecular weight excluding hydrogens is 282 g/mol. The molecule has 0 aliphatic carbocycles. The van der Waals surface area contributed by atoms with Gasteiger partial charge in [0.1, 0.15) is 0 Å². The molecule has 1 aliphatic heterocycles. The van der Waals surface area contributed by atoms with Gasteiger partial charge in [0.25, 0.3) is 0 Å². The van der Waals surface area contributed by atoms with Crippen LogP contribution in [0.4, 0.5) is 10.5 Å². The van der Waals surface area contributed by atoms with E-state index in [0.717, 1.165) is 47.6 Å². The van der Waals surface area contributed by atoms with Crippen molar-refractivity contribution in [1.29, 1.82) is 0 Å². The van der Waals surface area contributed by atoms with Crippen molar-refractivity contribution in [2.75, 3.05) is 18.4 Å². The van der Waals surface area contributed by atoms with E-state index in [1.165, 1.54) is 24.4 Å². The van der Waals surface area contributed by atoms with E-state index in [1.807, 2.05) is 29.3 Å². The molecule has 3 rings (SSSR count). The van der Waals surface area contributed by atoms with Crippen LogP contribution in [0.1, 0.15) is 32.6 Å². The van der Waals surface area contributed by atoms with Crippen molar-refractivity contribution >= 4 is 33.3 Å². The van der Waals surface area contributed by atoms with Crippen LogP contribution in [-0.4, -0.2) is 28.4 Å². The molecule has 0 spiro atoms. The largest absolute Gasteiger partial charge is 0.325 e. The van der Waals surface area contributed by atoms with E-state index in [-0.39, 0.29) is 6.03 Å². The Morgan fingerprint density at radius 3 is 3.19 bits per heavy atom. The highest BCUT2D eigenvalue weighted by atomic mass is 32.1. The van der Waals surface area contributed by atoms with Crippen LogP contribution in [0.2, 0.25) is 0 Å². The van der Waals surface area contributed by atoms with Gasteiger partial charge < -0.3 is 10.2 Å². The van der Waals surface area contributed by atoms with Gasteiger partial charge in [0.2, 0.25) is 0 Å². The molecule has 5 heteroatoms. The Bertz CT molecular complexity index is 625. The van der Waals surface area contributed by atoms with Crippen LogP contribution >= 0.6 is 11.5 Å². The van der Waals surface area contributed by atoms with E-state index in [0.29, 0.717) is 0 Å². The summed E-state index contributed by atoms with van der Waals surface area (Å²) in [6.07, 6.45) is 6.54. The Morgan fingerprint density at radius 1 is 1.43 bits per heavy atom. The second-order valence-corrected chi connectivity index (χ2v) is 6.53. The number of carbonyl (C=O) groups is 1. The van der Waals surface area contributed by atoms with Gasteiger partial charge in [0.15, 0.2) is 0 Å². The lowest BCUT2D eigenvalue weighted by atomic mass is 9.98. The fourth-order valence-corrected chi connectivity index (χ4v) is 3.56. The molecule has 21 heavy (non-hydrogen) atoms. The summed E-state index contributed by atoms with van der Waals surface area (Å²) in [7, 11) is 0. The van der Waals surface area contributed by atoms with E-state index in [4.69, 9.17) is 0 Å². The Morgan fingerprint density at radius 2 is 2.33 bits per heavy atom. The molecule has 1 atom stereocenters. The number of aromatic nitrogens is 1. The van der Waals surface area contributed by atoms with Crippen LogP contribution in [0.15, 0.2) is 24.4 Å². The summed E-state index contributed by atoms with van der Waals surface area (Å²) in [6.45, 7) is 3.97. The number of hydrogen-bond acceptors (Lipinski definition) is 3. The molecular formula is C16H21N3OS. The summed E-state index contributed by atoms with van der Waals surface area (Å²) >= 11 is 1.48. The first kappa shape index (κ1) is 14.3. The average molecular weight is 303 g/mol. The molecule has 1 aromatic carbocycles. The van der Waals surface area contributed by atoms with E-state index in [1.54, 1.807) is 0 Å². The number of urea groups is 1. The van der Waals surface area contributed by atoms with Crippen LogP contribution in [0.3, 0.4) is 0 Å². The minimum atomic E-state index is 0.0225. The summed E-state index contributed by atoms with van der Waals surface area (Å²) in [5.74, 6) is 0.774. The number of amides is 2. The Kier molecular flexibility index (Phi) is 4.39. The molecule has 4 nitrogen and oxygen atoms in total. The van der Waals surface area contributed by atoms with Gasteiger partial charge >= 0.3 is 6.03 Å². The topological polar surface area (TPSA) is 45.2 Å². The zero-order chi connectivity index (χ0) is 14.7. The first-order valence-corrected chi connectivity index (χ1v) is 8.44. The second kappa shape index (κ2) is 6.43. The molecule has 0 bridgehead atoms. The predicted molar refractivity (Wildman–Crippen MR) is 87.8 cm³/mol. The van der Waals surface area contributed by atoms with E-state index in [9.17, 15) is 4.79 Å². The molecule has 2 amide bonds. The predicted octanol–water partition coefficient (Wildman–Crippen LogP) is 4.34. The van der Waals surface area contributed by atoms with Crippen molar-refractivity contribution in [3.8, 4) is 0 Å². The lowest BCUT2D eigenvalue weighted by Gasteiger charge is -2.21. The number of likely N-dealkylation sites (tertiary alicyclic amines) is 1. The maximum absolute atomic E-state index is 12.4. The van der Waals surface area contributed by atoms with Crippen molar-refractivity contribution < 1.29 is 4.79 Å². The Balaban J connectivity index is 1.65. The van der Waals surface area contributed by atoms with Gasteiger partial charge in [0, 0.05) is 30.4 Å². The van der Waals surface area contributed by atoms with Crippen LogP contribution in [0.25, 0.3) is 10.1 Å². The monoisotopic (exact) mass is 303 g/mol. The quantitative estimate of drug-likeness (QED) is 0.897. The van der Waals surface area contributed by atoms with Gasteiger partial charge in [-0.1, -0.05) is 13.3 Å². The maximum atomic E-state index is 12.4. The average Bonchev–Trinajstić information content (AvgIpc) is 2.82. The highest BCUT2D eigenvalue weighted by molar-refractivity contribution is 7.13. The van der Waals surface area contributed by atoms with E-state index >= 15 is 0 Å². The van der Waals surface area contributed by atoms with E-state index in [2.05, 4.69) is 16.6 Å². The number of fused-ring (bicyclic) bond motifs is 1. The highest BCUT2D eigenvalue weighted by Crippen LogP contribution is 2.23. The Hall–Kier alpha value is -1.62. The zero-order valence-electron chi connectivity index (χ0n) is 12.3. The molecule has 1 N–H and O–H groups in total. The molecule has 1 saturated heterocycles. The van der Waals surface area contributed by atoms with E-state index < -0.39 is 0 Å². The van der Waals surface area contributed by atoms with Gasteiger partial charge in [-0.3, -0.25) is 0 Å². The first-order chi connectivity index (χ1) is 10.3. The van der Waals surface area contributed by atoms with Crippen LogP contribution in [0, 0.1) is 5.92 Å². The number of nitrogens with zero attached hydrogens (tertiary/aromatic N) is 2. The number of carbonyl (C=O) groups excluding carboxylic acids is 1. The van der Waals surface area contributed by atoms with Crippen LogP contribution in [-0.2, 0) is 0 Å². The van der Waals surface area contributed by atoms with Crippen molar-refractivity contribution in [3.05, 3.63) is 24.4 Å². The molecule has 0 radical (unpaired) electrons. The number of nitrogens with one attached hydrogen (secondary N) is 1. The molecule has 1 aromatic heterocycles. The molecule has 112 valence electrons. The smallest absolute Gasteiger partial charge is 0.321 e. The van der Waals surface area contributed by atoms with Gasteiger partial charge in [-0.05, 0) is 54.9 Å². The normalized spacial score (nSPS) is 19.5. The highest BCUT2D eigenvalue weighted by Gasteiger charge is 2.19. The molecule has 0 saturated carbocycles. The fraction of sp³-hybridized carbons (Fsp3) is 0.500. The minimum absolute atomic E-state index is 0.0225. The molecule has 1 unspecified atom stereocenters. The maximum Gasteiger partial charge on any atom is 0.321 e. The first-order valence-electron chi connectivity index (χ1n) is 7.66. The zero-order valence-corrected chi connectivity index (χ0v) is 13.2. The summed E-state index contributed by atoms with van der Waals surface area (Å²) in [4.78, 5) is 14.3. The van der Waals surface area contributed by atoms with Gasteiger partial charge in [-0.2, -0.15) is 4.37 Å². The third-order valence-electron chi connectivity index (χ3n) is 4.32. The SMILES string of the molecule is CCC1CCCN(C(=O)Nc2ccc3sncc3c2)CC1. The number of benzene rings is 1. The number of anilines is 1. The molecule has 2 heterocycles. The van der Waals surface area contributed by atoms with Crippen molar-refractivity contribution in [2.24, 2.45) is 5.92 Å². The minimum Gasteiger partial charge on any atom is -0.325 e. The van der Waals surface area contributed by atoms with Gasteiger partial charge in [-0.25, -0.2) is 4.79 Å². The van der Waals surface area contributed by atoms with Gasteiger partial charge in [0.05, 0.1) is 4.70 Å². The molecule has 1 aliphatic rings. The summed E-state index contributed by atoms with van der Waals surface area (Å²) < 4.78 is 5.31. The summed E-state index contributed by atoms with van der Waals surface area (Å²) in [5.41, 5.74) is 0.851. The molecule has 1 fully saturated rings. The lowest BCUT2D eigenvalue weighted by Crippen LogP contribution is -2.35. The number of rotatable bonds is 2. The van der Waals surface area contributed by atoms with Gasteiger partial charge in [-0.15, -0.1) is 0 Å². The number of hydrogen-bond donors (Lipinski definition) is 1. The Labute approximate surface area is 129 Å². The second-order valence-electron chi connectivity index (χ2n) is 5.70. The fourth-order valence-electron chi connectivity index (χ4n) is 2.93. The van der Waals surface area contributed by atoms with Crippen LogP contribution < -0.4 is 5.32 Å².